The van der Waals surface area contributed by atoms with Gasteiger partial charge in [0.05, 0.1) is 13.0 Å². The summed E-state index contributed by atoms with van der Waals surface area (Å²) < 4.78 is 4.82. The van der Waals surface area contributed by atoms with Crippen molar-refractivity contribution in [2.24, 2.45) is 5.84 Å². The van der Waals surface area contributed by atoms with Crippen LogP contribution in [0, 0.1) is 0 Å². The molecule has 0 aliphatic heterocycles. The Hall–Kier alpha value is -1.54. The lowest BCUT2D eigenvalue weighted by Crippen LogP contribution is -2.14. The van der Waals surface area contributed by atoms with Crippen LogP contribution in [0.15, 0.2) is 11.2 Å². The number of anilines is 2. The van der Waals surface area contributed by atoms with Crippen LogP contribution >= 0.6 is 11.8 Å². The summed E-state index contributed by atoms with van der Waals surface area (Å²) in [6.45, 7) is 2.62. The van der Waals surface area contributed by atoms with E-state index in [-0.39, 0.29) is 12.4 Å². The van der Waals surface area contributed by atoms with Crippen molar-refractivity contribution in [1.82, 2.24) is 9.97 Å². The van der Waals surface area contributed by atoms with E-state index in [4.69, 9.17) is 10.6 Å². The van der Waals surface area contributed by atoms with Crippen molar-refractivity contribution in [2.75, 3.05) is 30.1 Å². The molecule has 0 fully saturated rings. The van der Waals surface area contributed by atoms with Gasteiger partial charge in [0.2, 0.25) is 0 Å². The lowest BCUT2D eigenvalue weighted by Gasteiger charge is -2.08. The SMILES string of the molecule is CCOC(=O)CCNc1cc(NN)nc(SC)n1. The van der Waals surface area contributed by atoms with E-state index in [1.54, 1.807) is 13.0 Å². The number of carbonyl (C=O) groups is 1. The number of nitrogens with two attached hydrogens (primary N) is 1. The number of ether oxygens (including phenoxy) is 1. The minimum absolute atomic E-state index is 0.235. The van der Waals surface area contributed by atoms with E-state index >= 15 is 0 Å². The van der Waals surface area contributed by atoms with Crippen LogP contribution in [0.4, 0.5) is 11.6 Å². The molecular formula is C10H17N5O2S. The number of hydrogen-bond acceptors (Lipinski definition) is 8. The molecule has 18 heavy (non-hydrogen) atoms. The first-order valence-corrected chi connectivity index (χ1v) is 6.71. The second-order valence-electron chi connectivity index (χ2n) is 3.25. The standard InChI is InChI=1S/C10H17N5O2S/c1-3-17-9(16)4-5-12-7-6-8(15-11)14-10(13-7)18-2/h6H,3-5,11H2,1-2H3,(H2,12,13,14,15). The number of nitrogen functional groups attached to an aromatic ring is 1. The Balaban J connectivity index is 2.53. The normalized spacial score (nSPS) is 9.94. The fraction of sp³-hybridized carbons (Fsp3) is 0.500. The van der Waals surface area contributed by atoms with E-state index in [0.717, 1.165) is 0 Å². The predicted octanol–water partition coefficient (Wildman–Crippen LogP) is 0.849. The zero-order valence-corrected chi connectivity index (χ0v) is 11.2. The summed E-state index contributed by atoms with van der Waals surface area (Å²) in [5.41, 5.74) is 2.47. The van der Waals surface area contributed by atoms with Gasteiger partial charge in [-0.25, -0.2) is 15.8 Å². The van der Waals surface area contributed by atoms with Crippen LogP contribution in [0.3, 0.4) is 0 Å². The average molecular weight is 271 g/mol. The van der Waals surface area contributed by atoms with Gasteiger partial charge in [-0.1, -0.05) is 11.8 Å². The number of aromatic nitrogens is 2. The molecule has 0 amide bonds. The van der Waals surface area contributed by atoms with Gasteiger partial charge in [-0.3, -0.25) is 4.79 Å². The first-order valence-electron chi connectivity index (χ1n) is 5.48. The number of hydrazine groups is 1. The van der Waals surface area contributed by atoms with Gasteiger partial charge in [0.15, 0.2) is 5.16 Å². The van der Waals surface area contributed by atoms with Crippen molar-refractivity contribution in [2.45, 2.75) is 18.5 Å². The second kappa shape index (κ2) is 7.72. The van der Waals surface area contributed by atoms with Gasteiger partial charge in [-0.15, -0.1) is 0 Å². The summed E-state index contributed by atoms with van der Waals surface area (Å²) in [6.07, 6.45) is 2.16. The Morgan fingerprint density at radius 3 is 2.83 bits per heavy atom. The fourth-order valence-electron chi connectivity index (χ4n) is 1.21. The highest BCUT2D eigenvalue weighted by Gasteiger charge is 2.05. The number of thioether (sulfide) groups is 1. The number of nitrogens with zero attached hydrogens (tertiary/aromatic N) is 2. The minimum Gasteiger partial charge on any atom is -0.466 e. The summed E-state index contributed by atoms with van der Waals surface area (Å²) in [5, 5.41) is 3.62. The summed E-state index contributed by atoms with van der Waals surface area (Å²) in [6, 6.07) is 1.67. The predicted molar refractivity (Wildman–Crippen MR) is 71.4 cm³/mol. The van der Waals surface area contributed by atoms with Crippen LogP contribution in [0.1, 0.15) is 13.3 Å². The highest BCUT2D eigenvalue weighted by molar-refractivity contribution is 7.98. The molecule has 0 aromatic carbocycles. The van der Waals surface area contributed by atoms with Gasteiger partial charge in [-0.05, 0) is 13.2 Å². The molecule has 8 heteroatoms. The van der Waals surface area contributed by atoms with Crippen molar-refractivity contribution < 1.29 is 9.53 Å². The summed E-state index contributed by atoms with van der Waals surface area (Å²) in [4.78, 5) is 19.5. The van der Waals surface area contributed by atoms with Crippen LogP contribution in [0.2, 0.25) is 0 Å². The van der Waals surface area contributed by atoms with Gasteiger partial charge in [-0.2, -0.15) is 0 Å². The van der Waals surface area contributed by atoms with E-state index in [0.29, 0.717) is 29.9 Å². The molecule has 0 spiro atoms. The molecule has 1 heterocycles. The van der Waals surface area contributed by atoms with Crippen molar-refractivity contribution >= 4 is 29.4 Å². The molecule has 4 N–H and O–H groups in total. The third kappa shape index (κ3) is 4.76. The number of nitrogens with one attached hydrogen (secondary N) is 2. The number of hydrogen-bond donors (Lipinski definition) is 3. The molecule has 0 unspecified atom stereocenters. The van der Waals surface area contributed by atoms with Crippen LogP contribution in [-0.4, -0.2) is 35.3 Å². The van der Waals surface area contributed by atoms with E-state index < -0.39 is 0 Å². The van der Waals surface area contributed by atoms with Crippen LogP contribution < -0.4 is 16.6 Å². The Kier molecular flexibility index (Phi) is 6.23. The molecule has 7 nitrogen and oxygen atoms in total. The summed E-state index contributed by atoms with van der Waals surface area (Å²) in [5.74, 6) is 6.21. The zero-order chi connectivity index (χ0) is 13.4. The molecule has 0 radical (unpaired) electrons. The Labute approximate surface area is 110 Å². The van der Waals surface area contributed by atoms with E-state index in [1.165, 1.54) is 11.8 Å². The molecule has 0 aliphatic carbocycles. The number of rotatable bonds is 7. The van der Waals surface area contributed by atoms with Gasteiger partial charge >= 0.3 is 5.97 Å². The van der Waals surface area contributed by atoms with Gasteiger partial charge in [0, 0.05) is 12.6 Å². The molecule has 1 aromatic rings. The fourth-order valence-corrected chi connectivity index (χ4v) is 1.59. The molecule has 0 saturated heterocycles. The van der Waals surface area contributed by atoms with E-state index in [2.05, 4.69) is 20.7 Å². The van der Waals surface area contributed by atoms with Crippen molar-refractivity contribution in [1.29, 1.82) is 0 Å². The van der Waals surface area contributed by atoms with Crippen molar-refractivity contribution in [3.05, 3.63) is 6.07 Å². The van der Waals surface area contributed by atoms with E-state index in [1.807, 2.05) is 6.26 Å². The maximum absolute atomic E-state index is 11.1. The minimum atomic E-state index is -0.235. The highest BCUT2D eigenvalue weighted by Crippen LogP contribution is 2.16. The summed E-state index contributed by atoms with van der Waals surface area (Å²) in [7, 11) is 0. The van der Waals surface area contributed by atoms with Gasteiger partial charge < -0.3 is 15.5 Å². The Bertz CT molecular complexity index is 380. The Morgan fingerprint density at radius 1 is 1.50 bits per heavy atom. The molecule has 0 atom stereocenters. The van der Waals surface area contributed by atoms with Crippen LogP contribution in [0.5, 0.6) is 0 Å². The van der Waals surface area contributed by atoms with Gasteiger partial charge in [0.1, 0.15) is 11.6 Å². The third-order valence-corrected chi connectivity index (χ3v) is 2.52. The molecule has 0 aliphatic rings. The molecule has 1 aromatic heterocycles. The topological polar surface area (TPSA) is 102 Å². The second-order valence-corrected chi connectivity index (χ2v) is 4.02. The van der Waals surface area contributed by atoms with E-state index in [9.17, 15) is 4.79 Å². The third-order valence-electron chi connectivity index (χ3n) is 1.98. The largest absolute Gasteiger partial charge is 0.466 e. The number of esters is 1. The monoisotopic (exact) mass is 271 g/mol. The van der Waals surface area contributed by atoms with Crippen LogP contribution in [-0.2, 0) is 9.53 Å². The van der Waals surface area contributed by atoms with Crippen LogP contribution in [0.25, 0.3) is 0 Å². The van der Waals surface area contributed by atoms with Crippen molar-refractivity contribution in [3.8, 4) is 0 Å². The number of carbonyl (C=O) groups excluding carboxylic acids is 1. The highest BCUT2D eigenvalue weighted by atomic mass is 32.2. The maximum Gasteiger partial charge on any atom is 0.307 e. The smallest absolute Gasteiger partial charge is 0.307 e. The molecule has 0 saturated carbocycles. The average Bonchev–Trinajstić information content (AvgIpc) is 2.38. The molecule has 1 rings (SSSR count). The lowest BCUT2D eigenvalue weighted by atomic mass is 10.4. The van der Waals surface area contributed by atoms with Gasteiger partial charge in [0.25, 0.3) is 0 Å². The molecule has 100 valence electrons. The first kappa shape index (κ1) is 14.5. The first-order chi connectivity index (χ1) is 8.69. The summed E-state index contributed by atoms with van der Waals surface area (Å²) >= 11 is 1.41. The Morgan fingerprint density at radius 2 is 2.22 bits per heavy atom. The molecule has 0 bridgehead atoms. The lowest BCUT2D eigenvalue weighted by molar-refractivity contribution is -0.142. The van der Waals surface area contributed by atoms with Crippen molar-refractivity contribution in [3.63, 3.8) is 0 Å². The molecular weight excluding hydrogens is 254 g/mol. The maximum atomic E-state index is 11.1. The zero-order valence-electron chi connectivity index (χ0n) is 10.4. The quantitative estimate of drug-likeness (QED) is 0.220.